The highest BCUT2D eigenvalue weighted by molar-refractivity contribution is 5.86. The molecule has 4 nitrogen and oxygen atoms in total. The molecule has 3 aliphatic carbocycles. The standard InChI is InChI=1S/C18H14O4/c19-17(20)15-13-9-5-1-2-6-10(9)14(16(15)18(21)22)12-8-4-3-7-11(12)13/h1-8,13-16H,(H,19,20)(H,21,22)/t13?,14?,15-,16-/m0/s1. The number of hydrogen-bond acceptors (Lipinski definition) is 2. The van der Waals surface area contributed by atoms with Crippen molar-refractivity contribution in [1.82, 2.24) is 0 Å². The number of carboxylic acids is 2. The fourth-order valence-electron chi connectivity index (χ4n) is 4.27. The van der Waals surface area contributed by atoms with Crippen molar-refractivity contribution >= 4 is 11.9 Å². The molecule has 2 aromatic carbocycles. The predicted octanol–water partition coefficient (Wildman–Crippen LogP) is 2.68. The Bertz CT molecular complexity index is 682. The molecule has 22 heavy (non-hydrogen) atoms. The first-order valence-corrected chi connectivity index (χ1v) is 7.24. The van der Waals surface area contributed by atoms with Crippen molar-refractivity contribution in [3.63, 3.8) is 0 Å². The number of carboxylic acid groups (broad SMARTS) is 2. The van der Waals surface area contributed by atoms with Gasteiger partial charge in [-0.05, 0) is 22.3 Å². The first kappa shape index (κ1) is 13.1. The van der Waals surface area contributed by atoms with Crippen LogP contribution in [0.1, 0.15) is 34.1 Å². The molecule has 0 fully saturated rings. The van der Waals surface area contributed by atoms with Crippen LogP contribution >= 0.6 is 0 Å². The molecule has 0 heterocycles. The van der Waals surface area contributed by atoms with Gasteiger partial charge >= 0.3 is 11.9 Å². The van der Waals surface area contributed by atoms with E-state index in [2.05, 4.69) is 0 Å². The van der Waals surface area contributed by atoms with Crippen LogP contribution in [0, 0.1) is 11.8 Å². The Hall–Kier alpha value is -2.62. The molecule has 0 amide bonds. The van der Waals surface area contributed by atoms with Crippen LogP contribution in [0.4, 0.5) is 0 Å². The summed E-state index contributed by atoms with van der Waals surface area (Å²) >= 11 is 0. The molecule has 0 unspecified atom stereocenters. The van der Waals surface area contributed by atoms with Gasteiger partial charge in [0, 0.05) is 11.8 Å². The van der Waals surface area contributed by atoms with Crippen LogP contribution in [0.3, 0.4) is 0 Å². The molecular formula is C18H14O4. The molecule has 5 rings (SSSR count). The minimum Gasteiger partial charge on any atom is -0.481 e. The van der Waals surface area contributed by atoms with E-state index in [-0.39, 0.29) is 0 Å². The number of fused-ring (bicyclic) bond motifs is 1. The van der Waals surface area contributed by atoms with Crippen LogP contribution < -0.4 is 0 Å². The average Bonchev–Trinajstić information content (AvgIpc) is 2.53. The summed E-state index contributed by atoms with van der Waals surface area (Å²) in [5, 5.41) is 19.3. The molecule has 2 bridgehead atoms. The zero-order valence-corrected chi connectivity index (χ0v) is 11.6. The summed E-state index contributed by atoms with van der Waals surface area (Å²) in [5.41, 5.74) is 3.82. The Labute approximate surface area is 127 Å². The number of hydrogen-bond donors (Lipinski definition) is 2. The molecule has 0 saturated carbocycles. The highest BCUT2D eigenvalue weighted by Gasteiger charge is 2.55. The molecule has 0 spiro atoms. The summed E-state index contributed by atoms with van der Waals surface area (Å²) in [4.78, 5) is 23.6. The Kier molecular flexibility index (Phi) is 2.64. The van der Waals surface area contributed by atoms with Gasteiger partial charge in [0.25, 0.3) is 0 Å². The van der Waals surface area contributed by atoms with Crippen LogP contribution in [0.25, 0.3) is 0 Å². The van der Waals surface area contributed by atoms with E-state index >= 15 is 0 Å². The highest BCUT2D eigenvalue weighted by atomic mass is 16.4. The first-order chi connectivity index (χ1) is 10.6. The molecule has 0 saturated heterocycles. The Balaban J connectivity index is 2.06. The van der Waals surface area contributed by atoms with Crippen LogP contribution in [0.5, 0.6) is 0 Å². The van der Waals surface area contributed by atoms with Crippen LogP contribution in [-0.4, -0.2) is 22.2 Å². The summed E-state index contributed by atoms with van der Waals surface area (Å²) in [5.74, 6) is -4.70. The van der Waals surface area contributed by atoms with E-state index in [4.69, 9.17) is 0 Å². The van der Waals surface area contributed by atoms with Crippen molar-refractivity contribution in [3.8, 4) is 0 Å². The van der Waals surface area contributed by atoms with Gasteiger partial charge in [0.15, 0.2) is 0 Å². The van der Waals surface area contributed by atoms with Gasteiger partial charge in [0.1, 0.15) is 0 Å². The van der Waals surface area contributed by atoms with Gasteiger partial charge < -0.3 is 10.2 Å². The van der Waals surface area contributed by atoms with E-state index in [1.165, 1.54) is 0 Å². The highest BCUT2D eigenvalue weighted by Crippen LogP contribution is 2.58. The minimum atomic E-state index is -1.04. The van der Waals surface area contributed by atoms with Gasteiger partial charge in [0.05, 0.1) is 11.8 Å². The fourth-order valence-corrected chi connectivity index (χ4v) is 4.27. The number of rotatable bonds is 2. The minimum absolute atomic E-state index is 0.393. The van der Waals surface area contributed by atoms with Crippen molar-refractivity contribution < 1.29 is 19.8 Å². The largest absolute Gasteiger partial charge is 0.481 e. The zero-order valence-electron chi connectivity index (χ0n) is 11.6. The summed E-state index contributed by atoms with van der Waals surface area (Å²) in [6.45, 7) is 0. The van der Waals surface area contributed by atoms with Crippen molar-refractivity contribution in [1.29, 1.82) is 0 Å². The SMILES string of the molecule is O=C(O)[C@H]1C2c3ccccc3C(c3ccccc32)[C@@H]1C(=O)O. The molecular weight excluding hydrogens is 280 g/mol. The van der Waals surface area contributed by atoms with E-state index in [1.54, 1.807) is 0 Å². The second-order valence-electron chi connectivity index (χ2n) is 5.94. The van der Waals surface area contributed by atoms with Gasteiger partial charge in [-0.1, -0.05) is 48.5 Å². The fraction of sp³-hybridized carbons (Fsp3) is 0.222. The Morgan fingerprint density at radius 2 is 0.909 bits per heavy atom. The molecule has 110 valence electrons. The lowest BCUT2D eigenvalue weighted by molar-refractivity contribution is -0.156. The third kappa shape index (κ3) is 1.52. The molecule has 0 aromatic heterocycles. The third-order valence-electron chi connectivity index (χ3n) is 5.01. The lowest BCUT2D eigenvalue weighted by Crippen LogP contribution is -2.46. The van der Waals surface area contributed by atoms with E-state index < -0.39 is 35.6 Å². The van der Waals surface area contributed by atoms with E-state index in [0.717, 1.165) is 22.3 Å². The lowest BCUT2D eigenvalue weighted by atomic mass is 9.54. The van der Waals surface area contributed by atoms with Gasteiger partial charge in [-0.15, -0.1) is 0 Å². The molecule has 2 N–H and O–H groups in total. The van der Waals surface area contributed by atoms with Gasteiger partial charge in [-0.2, -0.15) is 0 Å². The maximum Gasteiger partial charge on any atom is 0.308 e. The van der Waals surface area contributed by atoms with Gasteiger partial charge in [-0.25, -0.2) is 0 Å². The van der Waals surface area contributed by atoms with E-state index in [1.807, 2.05) is 48.5 Å². The third-order valence-corrected chi connectivity index (χ3v) is 5.01. The second-order valence-corrected chi connectivity index (χ2v) is 5.94. The van der Waals surface area contributed by atoms with Gasteiger partial charge in [-0.3, -0.25) is 9.59 Å². The molecule has 3 aliphatic rings. The number of carbonyl (C=O) groups is 2. The summed E-state index contributed by atoms with van der Waals surface area (Å²) in [6.07, 6.45) is 0. The quantitative estimate of drug-likeness (QED) is 0.893. The maximum atomic E-state index is 11.8. The molecule has 0 aliphatic heterocycles. The van der Waals surface area contributed by atoms with Crippen molar-refractivity contribution in [3.05, 3.63) is 70.8 Å². The van der Waals surface area contributed by atoms with Crippen LogP contribution in [0.15, 0.2) is 48.5 Å². The lowest BCUT2D eigenvalue weighted by Gasteiger charge is -2.47. The van der Waals surface area contributed by atoms with E-state index in [0.29, 0.717) is 0 Å². The van der Waals surface area contributed by atoms with Crippen LogP contribution in [-0.2, 0) is 9.59 Å². The summed E-state index contributed by atoms with van der Waals surface area (Å²) < 4.78 is 0. The molecule has 2 atom stereocenters. The maximum absolute atomic E-state index is 11.8. The average molecular weight is 294 g/mol. The normalized spacial score (nSPS) is 27.8. The van der Waals surface area contributed by atoms with Crippen molar-refractivity contribution in [2.24, 2.45) is 11.8 Å². The van der Waals surface area contributed by atoms with E-state index in [9.17, 15) is 19.8 Å². The number of aliphatic carboxylic acids is 2. The molecule has 0 radical (unpaired) electrons. The van der Waals surface area contributed by atoms with Crippen molar-refractivity contribution in [2.45, 2.75) is 11.8 Å². The Morgan fingerprint density at radius 3 is 1.14 bits per heavy atom. The zero-order chi connectivity index (χ0) is 15.4. The topological polar surface area (TPSA) is 74.6 Å². The second kappa shape index (κ2) is 4.44. The summed E-state index contributed by atoms with van der Waals surface area (Å²) in [7, 11) is 0. The molecule has 2 aromatic rings. The number of benzene rings is 2. The Morgan fingerprint density at radius 1 is 0.636 bits per heavy atom. The smallest absolute Gasteiger partial charge is 0.308 e. The summed E-state index contributed by atoms with van der Waals surface area (Å²) in [6, 6.07) is 15.3. The first-order valence-electron chi connectivity index (χ1n) is 7.24. The molecule has 4 heteroatoms. The van der Waals surface area contributed by atoms with Crippen molar-refractivity contribution in [2.75, 3.05) is 0 Å². The van der Waals surface area contributed by atoms with Gasteiger partial charge in [0.2, 0.25) is 0 Å². The monoisotopic (exact) mass is 294 g/mol. The van der Waals surface area contributed by atoms with Crippen LogP contribution in [0.2, 0.25) is 0 Å². The predicted molar refractivity (Wildman–Crippen MR) is 78.8 cm³/mol.